The molecule has 96 valence electrons. The molecular weight excluding hydrogens is 234 g/mol. The fourth-order valence-corrected chi connectivity index (χ4v) is 3.14. The molecule has 2 aromatic rings. The van der Waals surface area contributed by atoms with Crippen molar-refractivity contribution in [3.05, 3.63) is 48.0 Å². The lowest BCUT2D eigenvalue weighted by atomic mass is 9.65. The standard InChI is InChI=1S/C17H17NO/c1-17(10-5-11-17)12-6-4-9-15-16(12)18-13-7-2-3-8-14(13)19-15/h2-4,6-9,18H,5,10-11H2,1H3. The van der Waals surface area contributed by atoms with E-state index in [0.717, 1.165) is 22.9 Å². The summed E-state index contributed by atoms with van der Waals surface area (Å²) >= 11 is 0. The molecule has 4 rings (SSSR count). The summed E-state index contributed by atoms with van der Waals surface area (Å²) in [5.74, 6) is 1.86. The maximum Gasteiger partial charge on any atom is 0.151 e. The van der Waals surface area contributed by atoms with E-state index < -0.39 is 0 Å². The topological polar surface area (TPSA) is 21.3 Å². The lowest BCUT2D eigenvalue weighted by Crippen LogP contribution is -2.31. The summed E-state index contributed by atoms with van der Waals surface area (Å²) in [7, 11) is 0. The van der Waals surface area contributed by atoms with Gasteiger partial charge in [0.2, 0.25) is 0 Å². The number of hydrogen-bond donors (Lipinski definition) is 1. The van der Waals surface area contributed by atoms with Crippen LogP contribution in [0.4, 0.5) is 11.4 Å². The van der Waals surface area contributed by atoms with Gasteiger partial charge in [0.25, 0.3) is 0 Å². The third-order valence-corrected chi connectivity index (χ3v) is 4.50. The molecule has 2 nitrogen and oxygen atoms in total. The number of fused-ring (bicyclic) bond motifs is 2. The van der Waals surface area contributed by atoms with Gasteiger partial charge < -0.3 is 10.1 Å². The summed E-state index contributed by atoms with van der Waals surface area (Å²) in [6, 6.07) is 14.5. The molecule has 2 aliphatic rings. The first-order valence-corrected chi connectivity index (χ1v) is 6.94. The predicted molar refractivity (Wildman–Crippen MR) is 77.4 cm³/mol. The number of hydrogen-bond acceptors (Lipinski definition) is 2. The van der Waals surface area contributed by atoms with Crippen molar-refractivity contribution in [2.45, 2.75) is 31.6 Å². The molecule has 0 unspecified atom stereocenters. The molecule has 1 fully saturated rings. The van der Waals surface area contributed by atoms with Crippen molar-refractivity contribution in [1.29, 1.82) is 0 Å². The van der Waals surface area contributed by atoms with Crippen LogP contribution in [-0.4, -0.2) is 0 Å². The molecule has 0 amide bonds. The van der Waals surface area contributed by atoms with Gasteiger partial charge in [-0.05, 0) is 42.0 Å². The number of benzene rings is 2. The molecule has 1 saturated carbocycles. The first-order chi connectivity index (χ1) is 9.26. The average Bonchev–Trinajstić information content (AvgIpc) is 2.42. The monoisotopic (exact) mass is 251 g/mol. The number of ether oxygens (including phenoxy) is 1. The van der Waals surface area contributed by atoms with Crippen LogP contribution >= 0.6 is 0 Å². The van der Waals surface area contributed by atoms with Crippen molar-refractivity contribution in [3.63, 3.8) is 0 Å². The van der Waals surface area contributed by atoms with Crippen molar-refractivity contribution < 1.29 is 4.74 Å². The summed E-state index contributed by atoms with van der Waals surface area (Å²) in [6.07, 6.45) is 3.87. The molecule has 0 spiro atoms. The van der Waals surface area contributed by atoms with Crippen LogP contribution in [0.3, 0.4) is 0 Å². The van der Waals surface area contributed by atoms with E-state index in [2.05, 4.69) is 30.4 Å². The zero-order valence-electron chi connectivity index (χ0n) is 11.1. The molecule has 0 atom stereocenters. The van der Waals surface area contributed by atoms with Gasteiger partial charge in [-0.25, -0.2) is 0 Å². The minimum Gasteiger partial charge on any atom is -0.453 e. The maximum atomic E-state index is 6.02. The Bertz CT molecular complexity index is 643. The van der Waals surface area contributed by atoms with Crippen LogP contribution in [0.2, 0.25) is 0 Å². The highest BCUT2D eigenvalue weighted by atomic mass is 16.5. The average molecular weight is 251 g/mol. The molecule has 0 radical (unpaired) electrons. The van der Waals surface area contributed by atoms with Gasteiger partial charge in [-0.2, -0.15) is 0 Å². The van der Waals surface area contributed by atoms with Gasteiger partial charge >= 0.3 is 0 Å². The fraction of sp³-hybridized carbons (Fsp3) is 0.294. The van der Waals surface area contributed by atoms with Crippen molar-refractivity contribution >= 4 is 11.4 Å². The Morgan fingerprint density at radius 3 is 2.58 bits per heavy atom. The van der Waals surface area contributed by atoms with Gasteiger partial charge in [-0.1, -0.05) is 37.6 Å². The van der Waals surface area contributed by atoms with E-state index in [1.807, 2.05) is 24.3 Å². The molecule has 2 heteroatoms. The summed E-state index contributed by atoms with van der Waals surface area (Å²) in [6.45, 7) is 2.36. The SMILES string of the molecule is CC1(c2cccc3c2Nc2ccccc2O3)CCC1. The van der Waals surface area contributed by atoms with Crippen LogP contribution in [-0.2, 0) is 5.41 Å². The van der Waals surface area contributed by atoms with Crippen molar-refractivity contribution in [2.75, 3.05) is 5.32 Å². The molecule has 1 aliphatic carbocycles. The second-order valence-electron chi connectivity index (χ2n) is 5.82. The smallest absolute Gasteiger partial charge is 0.151 e. The van der Waals surface area contributed by atoms with Crippen LogP contribution in [0.5, 0.6) is 11.5 Å². The molecule has 1 N–H and O–H groups in total. The first kappa shape index (κ1) is 10.9. The number of nitrogens with one attached hydrogen (secondary N) is 1. The molecule has 2 aromatic carbocycles. The summed E-state index contributed by atoms with van der Waals surface area (Å²) in [5.41, 5.74) is 3.92. The number of anilines is 2. The van der Waals surface area contributed by atoms with Crippen LogP contribution in [0, 0.1) is 0 Å². The fourth-order valence-electron chi connectivity index (χ4n) is 3.14. The molecule has 0 bridgehead atoms. The molecule has 0 aromatic heterocycles. The van der Waals surface area contributed by atoms with Gasteiger partial charge in [0, 0.05) is 0 Å². The van der Waals surface area contributed by atoms with Crippen molar-refractivity contribution in [2.24, 2.45) is 0 Å². The van der Waals surface area contributed by atoms with E-state index in [4.69, 9.17) is 4.74 Å². The Hall–Kier alpha value is -1.96. The highest BCUT2D eigenvalue weighted by molar-refractivity contribution is 5.78. The normalized spacial score (nSPS) is 18.4. The third-order valence-electron chi connectivity index (χ3n) is 4.50. The molecule has 1 heterocycles. The number of rotatable bonds is 1. The van der Waals surface area contributed by atoms with E-state index in [1.165, 1.54) is 24.8 Å². The van der Waals surface area contributed by atoms with Gasteiger partial charge in [0.1, 0.15) is 0 Å². The van der Waals surface area contributed by atoms with Gasteiger partial charge in [0.05, 0.1) is 11.4 Å². The Morgan fingerprint density at radius 1 is 1.00 bits per heavy atom. The van der Waals surface area contributed by atoms with E-state index in [0.29, 0.717) is 5.41 Å². The Balaban J connectivity index is 1.83. The highest BCUT2D eigenvalue weighted by Crippen LogP contribution is 2.51. The minimum absolute atomic E-state index is 0.313. The molecule has 19 heavy (non-hydrogen) atoms. The van der Waals surface area contributed by atoms with E-state index in [1.54, 1.807) is 0 Å². The van der Waals surface area contributed by atoms with E-state index >= 15 is 0 Å². The zero-order chi connectivity index (χ0) is 12.9. The zero-order valence-corrected chi connectivity index (χ0v) is 11.1. The van der Waals surface area contributed by atoms with Crippen LogP contribution in [0.25, 0.3) is 0 Å². The van der Waals surface area contributed by atoms with Crippen LogP contribution in [0.15, 0.2) is 42.5 Å². The molecular formula is C17H17NO. The van der Waals surface area contributed by atoms with E-state index in [-0.39, 0.29) is 0 Å². The number of para-hydroxylation sites is 3. The largest absolute Gasteiger partial charge is 0.453 e. The van der Waals surface area contributed by atoms with E-state index in [9.17, 15) is 0 Å². The van der Waals surface area contributed by atoms with Crippen molar-refractivity contribution in [3.8, 4) is 11.5 Å². The lowest BCUT2D eigenvalue weighted by Gasteiger charge is -2.41. The Labute approximate surface area is 113 Å². The first-order valence-electron chi connectivity index (χ1n) is 6.94. The van der Waals surface area contributed by atoms with Gasteiger partial charge in [-0.15, -0.1) is 0 Å². The van der Waals surface area contributed by atoms with Gasteiger partial charge in [0.15, 0.2) is 11.5 Å². The summed E-state index contributed by atoms with van der Waals surface area (Å²) in [5, 5.41) is 3.56. The van der Waals surface area contributed by atoms with Crippen molar-refractivity contribution in [1.82, 2.24) is 0 Å². The third kappa shape index (κ3) is 1.56. The second-order valence-corrected chi connectivity index (χ2v) is 5.82. The molecule has 0 saturated heterocycles. The second kappa shape index (κ2) is 3.77. The Morgan fingerprint density at radius 2 is 1.79 bits per heavy atom. The van der Waals surface area contributed by atoms with Crippen LogP contribution < -0.4 is 10.1 Å². The maximum absolute atomic E-state index is 6.02. The quantitative estimate of drug-likeness (QED) is 0.658. The predicted octanol–water partition coefficient (Wildman–Crippen LogP) is 4.98. The lowest BCUT2D eigenvalue weighted by molar-refractivity contribution is 0.272. The summed E-state index contributed by atoms with van der Waals surface area (Å²) in [4.78, 5) is 0. The summed E-state index contributed by atoms with van der Waals surface area (Å²) < 4.78 is 6.02. The van der Waals surface area contributed by atoms with Gasteiger partial charge in [-0.3, -0.25) is 0 Å². The highest BCUT2D eigenvalue weighted by Gasteiger charge is 2.37. The molecule has 1 aliphatic heterocycles. The Kier molecular flexibility index (Phi) is 2.16. The van der Waals surface area contributed by atoms with Crippen LogP contribution in [0.1, 0.15) is 31.7 Å². The minimum atomic E-state index is 0.313.